The Morgan fingerprint density at radius 1 is 1.21 bits per heavy atom. The summed E-state index contributed by atoms with van der Waals surface area (Å²) >= 11 is 0. The maximum atomic E-state index is 15.3. The fourth-order valence-electron chi connectivity index (χ4n) is 4.74. The van der Waals surface area contributed by atoms with Crippen molar-refractivity contribution in [2.45, 2.75) is 55.8 Å². The standard InChI is InChI=1S/C23H27F3N6O5S/c1-22(2)19(31-21(34)35)32-23(3,15-5-4-10-28-38(15,22)36)17-13(24)7-9-16(29-17)30-18(33)14-8-6-12(11-27-14)37-20(25)26/h6-9,11,15,20,28,36H,4-5,10H2,1-3H3,(H,31,32)(H,34,35)(H,29,30,33)/t15-,23+/m1/s1. The number of hydrogen-bond donors (Lipinski definition) is 5. The third-order valence-electron chi connectivity index (χ3n) is 6.68. The Morgan fingerprint density at radius 2 is 1.95 bits per heavy atom. The number of alkyl halides is 2. The van der Waals surface area contributed by atoms with E-state index >= 15 is 4.39 Å². The van der Waals surface area contributed by atoms with Crippen LogP contribution in [-0.4, -0.2) is 60.6 Å². The van der Waals surface area contributed by atoms with E-state index in [1.807, 2.05) is 0 Å². The zero-order chi connectivity index (χ0) is 27.9. The van der Waals surface area contributed by atoms with Gasteiger partial charge in [0.2, 0.25) is 0 Å². The summed E-state index contributed by atoms with van der Waals surface area (Å²) in [6, 6.07) is 4.63. The molecule has 5 N–H and O–H groups in total. The molecule has 2 aromatic heterocycles. The maximum Gasteiger partial charge on any atom is 0.410 e. The van der Waals surface area contributed by atoms with E-state index in [0.29, 0.717) is 19.4 Å². The van der Waals surface area contributed by atoms with Crippen LogP contribution < -0.4 is 20.1 Å². The van der Waals surface area contributed by atoms with Crippen molar-refractivity contribution in [2.75, 3.05) is 11.9 Å². The summed E-state index contributed by atoms with van der Waals surface area (Å²) in [4.78, 5) is 37.0. The molecule has 2 aliphatic rings. The van der Waals surface area contributed by atoms with Crippen LogP contribution in [0.4, 0.5) is 23.8 Å². The number of carbonyl (C=O) groups is 2. The lowest BCUT2D eigenvalue weighted by Gasteiger charge is -2.61. The number of rotatable bonds is 5. The highest BCUT2D eigenvalue weighted by Gasteiger charge is 2.61. The number of anilines is 1. The monoisotopic (exact) mass is 556 g/mol. The fraction of sp³-hybridized carbons (Fsp3) is 0.435. The van der Waals surface area contributed by atoms with Crippen LogP contribution in [0.15, 0.2) is 35.5 Å². The predicted octanol–water partition coefficient (Wildman–Crippen LogP) is 4.09. The molecule has 1 saturated heterocycles. The van der Waals surface area contributed by atoms with E-state index in [1.165, 1.54) is 12.1 Å². The van der Waals surface area contributed by atoms with E-state index in [1.54, 1.807) is 20.8 Å². The number of carboxylic acid groups (broad SMARTS) is 1. The summed E-state index contributed by atoms with van der Waals surface area (Å²) < 4.78 is 58.2. The van der Waals surface area contributed by atoms with Crippen LogP contribution in [0.3, 0.4) is 0 Å². The highest BCUT2D eigenvalue weighted by Crippen LogP contribution is 2.66. The summed E-state index contributed by atoms with van der Waals surface area (Å²) in [5, 5.41) is 13.5. The highest BCUT2D eigenvalue weighted by molar-refractivity contribution is 8.29. The summed E-state index contributed by atoms with van der Waals surface area (Å²) in [6.07, 6.45) is 0.707. The van der Waals surface area contributed by atoms with Gasteiger partial charge in [-0.3, -0.25) is 19.8 Å². The number of amides is 2. The topological polar surface area (TPSA) is 158 Å². The van der Waals surface area contributed by atoms with Crippen molar-refractivity contribution < 1.29 is 37.2 Å². The van der Waals surface area contributed by atoms with Gasteiger partial charge in [0.05, 0.1) is 16.2 Å². The quantitative estimate of drug-likeness (QED) is 0.369. The van der Waals surface area contributed by atoms with E-state index in [-0.39, 0.29) is 28.8 Å². The van der Waals surface area contributed by atoms with Gasteiger partial charge in [0.1, 0.15) is 40.1 Å². The first-order valence-electron chi connectivity index (χ1n) is 11.6. The number of amidine groups is 1. The number of hydrogen-bond acceptors (Lipinski definition) is 8. The van der Waals surface area contributed by atoms with Crippen molar-refractivity contribution in [3.8, 4) is 5.75 Å². The number of halogens is 3. The van der Waals surface area contributed by atoms with Crippen molar-refractivity contribution in [3.05, 3.63) is 47.7 Å². The number of aromatic nitrogens is 2. The number of carbonyl (C=O) groups excluding carboxylic acids is 1. The zero-order valence-corrected chi connectivity index (χ0v) is 21.5. The molecule has 3 atom stereocenters. The molecule has 0 unspecified atom stereocenters. The average Bonchev–Trinajstić information content (AvgIpc) is 2.84. The molecule has 15 heteroatoms. The summed E-state index contributed by atoms with van der Waals surface area (Å²) in [6.45, 7) is 2.36. The minimum Gasteiger partial charge on any atom is -0.465 e. The first-order valence-corrected chi connectivity index (χ1v) is 13.2. The molecule has 0 aliphatic carbocycles. The lowest BCUT2D eigenvalue weighted by molar-refractivity contribution is -0.0500. The Hall–Kier alpha value is -3.43. The molecule has 11 nitrogen and oxygen atoms in total. The average molecular weight is 557 g/mol. The smallest absolute Gasteiger partial charge is 0.410 e. The van der Waals surface area contributed by atoms with Crippen molar-refractivity contribution in [1.82, 2.24) is 20.0 Å². The van der Waals surface area contributed by atoms with Gasteiger partial charge in [-0.05, 0) is 57.9 Å². The molecule has 0 aromatic carbocycles. The van der Waals surface area contributed by atoms with Gasteiger partial charge >= 0.3 is 12.7 Å². The molecule has 0 radical (unpaired) electrons. The molecule has 0 bridgehead atoms. The van der Waals surface area contributed by atoms with Gasteiger partial charge in [-0.25, -0.2) is 19.2 Å². The second kappa shape index (κ2) is 10.0. The molecule has 4 rings (SSSR count). The SMILES string of the molecule is CC1(C)C(NC(=O)O)=N[C@](C)(c2nc(NC(=O)c3ccc(OC(F)F)cn3)ccc2F)[C@H]2CCCN[S@@]21O. The minimum atomic E-state index is -3.04. The Labute approximate surface area is 217 Å². The van der Waals surface area contributed by atoms with Gasteiger partial charge < -0.3 is 19.7 Å². The lowest BCUT2D eigenvalue weighted by atomic mass is 9.88. The molecule has 38 heavy (non-hydrogen) atoms. The molecule has 2 aromatic rings. The Morgan fingerprint density at radius 3 is 2.58 bits per heavy atom. The van der Waals surface area contributed by atoms with Crippen LogP contribution >= 0.6 is 10.5 Å². The molecule has 2 aliphatic heterocycles. The van der Waals surface area contributed by atoms with Gasteiger partial charge in [-0.2, -0.15) is 8.78 Å². The van der Waals surface area contributed by atoms with Crippen LogP contribution in [0.2, 0.25) is 0 Å². The number of nitrogens with one attached hydrogen (secondary N) is 3. The molecule has 1 fully saturated rings. The first kappa shape index (κ1) is 27.6. The Kier molecular flexibility index (Phi) is 7.29. The van der Waals surface area contributed by atoms with Crippen molar-refractivity contribution in [1.29, 1.82) is 0 Å². The molecule has 2 amide bonds. The van der Waals surface area contributed by atoms with Gasteiger partial charge in [0, 0.05) is 6.54 Å². The predicted molar refractivity (Wildman–Crippen MR) is 134 cm³/mol. The molecule has 0 spiro atoms. The maximum absolute atomic E-state index is 15.3. The summed E-state index contributed by atoms with van der Waals surface area (Å²) in [5.74, 6) is -1.83. The number of ether oxygens (including phenoxy) is 1. The fourth-order valence-corrected chi connectivity index (χ4v) is 8.20. The van der Waals surface area contributed by atoms with Gasteiger partial charge in [0.15, 0.2) is 0 Å². The second-order valence-electron chi connectivity index (χ2n) is 9.44. The van der Waals surface area contributed by atoms with Gasteiger partial charge in [-0.1, -0.05) is 10.5 Å². The highest BCUT2D eigenvalue weighted by atomic mass is 32.3. The van der Waals surface area contributed by atoms with Crippen LogP contribution in [0.25, 0.3) is 0 Å². The third kappa shape index (κ3) is 4.88. The van der Waals surface area contributed by atoms with E-state index in [4.69, 9.17) is 0 Å². The number of nitrogens with zero attached hydrogens (tertiary/aromatic N) is 3. The van der Waals surface area contributed by atoms with Gasteiger partial charge in [0.25, 0.3) is 5.91 Å². The summed E-state index contributed by atoms with van der Waals surface area (Å²) in [5.41, 5.74) is -1.82. The first-order chi connectivity index (χ1) is 17.8. The van der Waals surface area contributed by atoms with E-state index in [2.05, 4.69) is 35.1 Å². The van der Waals surface area contributed by atoms with Crippen LogP contribution in [0.5, 0.6) is 5.75 Å². The molecule has 0 saturated carbocycles. The number of fused-ring (bicyclic) bond motifs is 1. The number of pyridine rings is 2. The molecule has 206 valence electrons. The van der Waals surface area contributed by atoms with Crippen molar-refractivity contribution >= 4 is 34.1 Å². The zero-order valence-electron chi connectivity index (χ0n) is 20.7. The van der Waals surface area contributed by atoms with Crippen molar-refractivity contribution in [2.24, 2.45) is 4.99 Å². The number of aliphatic imine (C=N–C) groups is 1. The van der Waals surface area contributed by atoms with Crippen molar-refractivity contribution in [3.63, 3.8) is 0 Å². The summed E-state index contributed by atoms with van der Waals surface area (Å²) in [7, 11) is -2.80. The Bertz CT molecular complexity index is 1280. The lowest BCUT2D eigenvalue weighted by Crippen LogP contribution is -2.63. The molecular formula is C23H27F3N6O5S. The molecule has 4 heterocycles. The Balaban J connectivity index is 1.72. The van der Waals surface area contributed by atoms with E-state index < -0.39 is 50.5 Å². The minimum absolute atomic E-state index is 0.0402. The van der Waals surface area contributed by atoms with E-state index in [9.17, 15) is 28.0 Å². The largest absolute Gasteiger partial charge is 0.465 e. The third-order valence-corrected chi connectivity index (χ3v) is 10.6. The van der Waals surface area contributed by atoms with E-state index in [0.717, 1.165) is 18.3 Å². The second-order valence-corrected chi connectivity index (χ2v) is 12.6. The van der Waals surface area contributed by atoms with Gasteiger partial charge in [-0.15, -0.1) is 0 Å². The van der Waals surface area contributed by atoms with Crippen LogP contribution in [-0.2, 0) is 5.54 Å². The van der Waals surface area contributed by atoms with Crippen LogP contribution in [0, 0.1) is 5.82 Å². The van der Waals surface area contributed by atoms with Crippen LogP contribution in [0.1, 0.15) is 49.8 Å². The normalized spacial score (nSPS) is 26.2. The molecular weight excluding hydrogens is 529 g/mol.